The average molecular weight is 272 g/mol. The van der Waals surface area contributed by atoms with Gasteiger partial charge in [0.25, 0.3) is 0 Å². The smallest absolute Gasteiger partial charge is 0.307 e. The molecule has 18 heavy (non-hydrogen) atoms. The molecule has 0 aliphatic carbocycles. The molecule has 1 saturated heterocycles. The molecule has 0 bridgehead atoms. The Hall–Kier alpha value is -1.26. The maximum absolute atomic E-state index is 10.6. The van der Waals surface area contributed by atoms with Gasteiger partial charge >= 0.3 is 5.97 Å². The highest BCUT2D eigenvalue weighted by molar-refractivity contribution is 5.85. The van der Waals surface area contributed by atoms with Gasteiger partial charge in [-0.1, -0.05) is 12.1 Å². The fourth-order valence-electron chi connectivity index (χ4n) is 2.16. The van der Waals surface area contributed by atoms with Crippen LogP contribution in [0.4, 0.5) is 5.69 Å². The van der Waals surface area contributed by atoms with Gasteiger partial charge in [0.2, 0.25) is 0 Å². The molecule has 1 aromatic rings. The maximum Gasteiger partial charge on any atom is 0.307 e. The van der Waals surface area contributed by atoms with Gasteiger partial charge in [-0.15, -0.1) is 12.4 Å². The van der Waals surface area contributed by atoms with E-state index in [-0.39, 0.29) is 18.8 Å². The van der Waals surface area contributed by atoms with Gasteiger partial charge < -0.3 is 14.7 Å². The molecule has 100 valence electrons. The molecule has 0 radical (unpaired) electrons. The van der Waals surface area contributed by atoms with Crippen molar-refractivity contribution in [2.75, 3.05) is 31.2 Å². The van der Waals surface area contributed by atoms with Crippen molar-refractivity contribution in [3.63, 3.8) is 0 Å². The van der Waals surface area contributed by atoms with Crippen LogP contribution in [0.25, 0.3) is 0 Å². The summed E-state index contributed by atoms with van der Waals surface area (Å²) in [6.45, 7) is 5.35. The molecule has 1 aromatic carbocycles. The van der Waals surface area contributed by atoms with Crippen LogP contribution in [-0.4, -0.2) is 37.4 Å². The first-order chi connectivity index (χ1) is 8.16. The Morgan fingerprint density at radius 2 is 2.06 bits per heavy atom. The van der Waals surface area contributed by atoms with Crippen molar-refractivity contribution in [1.82, 2.24) is 0 Å². The molecule has 0 atom stereocenters. The maximum atomic E-state index is 10.6. The lowest BCUT2D eigenvalue weighted by Gasteiger charge is -2.30. The third-order valence-electron chi connectivity index (χ3n) is 2.97. The van der Waals surface area contributed by atoms with Crippen LogP contribution in [-0.2, 0) is 16.0 Å². The predicted octanol–water partition coefficient (Wildman–Crippen LogP) is 1.88. The Bertz CT molecular complexity index is 417. The molecule has 1 aliphatic rings. The van der Waals surface area contributed by atoms with Crippen LogP contribution in [0.2, 0.25) is 0 Å². The number of hydrogen-bond acceptors (Lipinski definition) is 3. The second-order valence-corrected chi connectivity index (χ2v) is 4.29. The largest absolute Gasteiger partial charge is 0.481 e. The molecule has 0 amide bonds. The summed E-state index contributed by atoms with van der Waals surface area (Å²) in [5.41, 5.74) is 3.17. The number of benzene rings is 1. The monoisotopic (exact) mass is 271 g/mol. The minimum absolute atomic E-state index is 0. The fourth-order valence-corrected chi connectivity index (χ4v) is 2.16. The van der Waals surface area contributed by atoms with Crippen molar-refractivity contribution in [3.05, 3.63) is 29.3 Å². The number of carboxylic acid groups (broad SMARTS) is 1. The van der Waals surface area contributed by atoms with Crippen molar-refractivity contribution >= 4 is 24.1 Å². The topological polar surface area (TPSA) is 49.8 Å². The van der Waals surface area contributed by atoms with Crippen molar-refractivity contribution in [3.8, 4) is 0 Å². The standard InChI is InChI=1S/C13H17NO3.ClH/c1-10-8-11(9-13(15)16)2-3-12(10)14-4-6-17-7-5-14;/h2-3,8H,4-7,9H2,1H3,(H,15,16);1H. The Labute approximate surface area is 113 Å². The zero-order valence-corrected chi connectivity index (χ0v) is 11.2. The molecular weight excluding hydrogens is 254 g/mol. The van der Waals surface area contributed by atoms with Crippen molar-refractivity contribution < 1.29 is 14.6 Å². The molecule has 1 fully saturated rings. The average Bonchev–Trinajstić information content (AvgIpc) is 2.29. The number of aryl methyl sites for hydroxylation is 1. The van der Waals surface area contributed by atoms with E-state index < -0.39 is 5.97 Å². The highest BCUT2D eigenvalue weighted by atomic mass is 35.5. The highest BCUT2D eigenvalue weighted by Crippen LogP contribution is 2.22. The fraction of sp³-hybridized carbons (Fsp3) is 0.462. The Balaban J connectivity index is 0.00000162. The number of carbonyl (C=O) groups is 1. The van der Waals surface area contributed by atoms with Gasteiger partial charge in [0, 0.05) is 18.8 Å². The van der Waals surface area contributed by atoms with E-state index in [2.05, 4.69) is 4.90 Å². The number of nitrogens with zero attached hydrogens (tertiary/aromatic N) is 1. The molecule has 1 N–H and O–H groups in total. The number of morpholine rings is 1. The van der Waals surface area contributed by atoms with Crippen LogP contribution in [0.3, 0.4) is 0 Å². The minimum atomic E-state index is -0.788. The molecule has 0 saturated carbocycles. The summed E-state index contributed by atoms with van der Waals surface area (Å²) in [5.74, 6) is -0.788. The van der Waals surface area contributed by atoms with Crippen LogP contribution in [0.1, 0.15) is 11.1 Å². The first kappa shape index (κ1) is 14.8. The van der Waals surface area contributed by atoms with Gasteiger partial charge in [0.05, 0.1) is 19.6 Å². The summed E-state index contributed by atoms with van der Waals surface area (Å²) in [6, 6.07) is 5.86. The summed E-state index contributed by atoms with van der Waals surface area (Å²) in [7, 11) is 0. The number of anilines is 1. The van der Waals surface area contributed by atoms with Gasteiger partial charge in [0.1, 0.15) is 0 Å². The number of carboxylic acids is 1. The summed E-state index contributed by atoms with van der Waals surface area (Å²) >= 11 is 0. The number of ether oxygens (including phenoxy) is 1. The molecular formula is C13H18ClNO3. The quantitative estimate of drug-likeness (QED) is 0.912. The lowest BCUT2D eigenvalue weighted by Crippen LogP contribution is -2.36. The molecule has 4 nitrogen and oxygen atoms in total. The second kappa shape index (κ2) is 6.61. The third kappa shape index (κ3) is 3.62. The first-order valence-electron chi connectivity index (χ1n) is 5.81. The molecule has 0 aromatic heterocycles. The van der Waals surface area contributed by atoms with E-state index in [0.717, 1.165) is 37.4 Å². The van der Waals surface area contributed by atoms with E-state index in [1.165, 1.54) is 5.69 Å². The zero-order chi connectivity index (χ0) is 12.3. The van der Waals surface area contributed by atoms with Gasteiger partial charge in [0.15, 0.2) is 0 Å². The van der Waals surface area contributed by atoms with Crippen LogP contribution >= 0.6 is 12.4 Å². The molecule has 1 heterocycles. The van der Waals surface area contributed by atoms with E-state index in [1.54, 1.807) is 0 Å². The third-order valence-corrected chi connectivity index (χ3v) is 2.97. The van der Waals surface area contributed by atoms with Crippen molar-refractivity contribution in [2.45, 2.75) is 13.3 Å². The van der Waals surface area contributed by atoms with Gasteiger partial charge in [-0.3, -0.25) is 4.79 Å². The van der Waals surface area contributed by atoms with Crippen LogP contribution < -0.4 is 4.90 Å². The summed E-state index contributed by atoms with van der Waals surface area (Å²) < 4.78 is 5.32. The van der Waals surface area contributed by atoms with E-state index in [9.17, 15) is 4.79 Å². The lowest BCUT2D eigenvalue weighted by atomic mass is 10.1. The van der Waals surface area contributed by atoms with E-state index in [0.29, 0.717) is 0 Å². The van der Waals surface area contributed by atoms with Gasteiger partial charge in [-0.2, -0.15) is 0 Å². The Kier molecular flexibility index (Phi) is 5.44. The van der Waals surface area contributed by atoms with Crippen LogP contribution in [0.5, 0.6) is 0 Å². The lowest BCUT2D eigenvalue weighted by molar-refractivity contribution is -0.136. The van der Waals surface area contributed by atoms with Crippen molar-refractivity contribution in [2.24, 2.45) is 0 Å². The predicted molar refractivity (Wildman–Crippen MR) is 72.8 cm³/mol. The number of halogens is 1. The molecule has 0 unspecified atom stereocenters. The SMILES string of the molecule is Cc1cc(CC(=O)O)ccc1N1CCOCC1.Cl. The molecule has 2 rings (SSSR count). The number of aliphatic carboxylic acids is 1. The normalized spacial score (nSPS) is 15.1. The van der Waals surface area contributed by atoms with Gasteiger partial charge in [-0.05, 0) is 24.1 Å². The summed E-state index contributed by atoms with van der Waals surface area (Å²) in [5, 5.41) is 8.75. The molecule has 1 aliphatic heterocycles. The Morgan fingerprint density at radius 1 is 1.39 bits per heavy atom. The van der Waals surface area contributed by atoms with Crippen LogP contribution in [0.15, 0.2) is 18.2 Å². The summed E-state index contributed by atoms with van der Waals surface area (Å²) in [6.07, 6.45) is 0.0875. The van der Waals surface area contributed by atoms with Crippen molar-refractivity contribution in [1.29, 1.82) is 0 Å². The van der Waals surface area contributed by atoms with E-state index >= 15 is 0 Å². The first-order valence-corrected chi connectivity index (χ1v) is 5.81. The second-order valence-electron chi connectivity index (χ2n) is 4.29. The zero-order valence-electron chi connectivity index (χ0n) is 10.4. The number of hydrogen-bond donors (Lipinski definition) is 1. The minimum Gasteiger partial charge on any atom is -0.481 e. The summed E-state index contributed by atoms with van der Waals surface area (Å²) in [4.78, 5) is 12.9. The molecule has 5 heteroatoms. The highest BCUT2D eigenvalue weighted by Gasteiger charge is 2.13. The van der Waals surface area contributed by atoms with E-state index in [1.807, 2.05) is 25.1 Å². The van der Waals surface area contributed by atoms with Crippen LogP contribution in [0, 0.1) is 6.92 Å². The molecule has 0 spiro atoms. The van der Waals surface area contributed by atoms with Gasteiger partial charge in [-0.25, -0.2) is 0 Å². The Morgan fingerprint density at radius 3 is 2.61 bits per heavy atom. The van der Waals surface area contributed by atoms with E-state index in [4.69, 9.17) is 9.84 Å². The number of rotatable bonds is 3.